The molecule has 0 radical (unpaired) electrons. The summed E-state index contributed by atoms with van der Waals surface area (Å²) in [6.07, 6.45) is 1.44. The molecule has 1 aromatic heterocycles. The van der Waals surface area contributed by atoms with Crippen molar-refractivity contribution in [1.29, 1.82) is 0 Å². The summed E-state index contributed by atoms with van der Waals surface area (Å²) in [5, 5.41) is 0.448. The first-order valence-corrected chi connectivity index (χ1v) is 10.3. The van der Waals surface area contributed by atoms with Gasteiger partial charge in [-0.05, 0) is 24.1 Å². The first kappa shape index (κ1) is 21.6. The van der Waals surface area contributed by atoms with Gasteiger partial charge in [-0.15, -0.1) is 0 Å². The number of hydrogen-bond acceptors (Lipinski definition) is 4. The molecule has 2 saturated heterocycles. The van der Waals surface area contributed by atoms with Crippen molar-refractivity contribution in [3.8, 4) is 0 Å². The van der Waals surface area contributed by atoms with E-state index < -0.39 is 12.0 Å². The lowest BCUT2D eigenvalue weighted by molar-refractivity contribution is -0.155. The Morgan fingerprint density at radius 3 is 2.45 bits per heavy atom. The molecule has 9 heteroatoms. The number of rotatable bonds is 5. The van der Waals surface area contributed by atoms with Crippen LogP contribution in [-0.2, 0) is 26.8 Å². The van der Waals surface area contributed by atoms with Crippen LogP contribution in [-0.4, -0.2) is 47.5 Å². The fraction of sp³-hybridized carbons (Fsp3) is 0.409. The number of carbonyl (C=O) groups excluding carboxylic acids is 2. The van der Waals surface area contributed by atoms with E-state index in [1.54, 1.807) is 25.1 Å². The van der Waals surface area contributed by atoms with Crippen LogP contribution in [0.4, 0.5) is 14.6 Å². The molecule has 31 heavy (non-hydrogen) atoms. The van der Waals surface area contributed by atoms with Gasteiger partial charge in [0.2, 0.25) is 5.91 Å². The smallest absolute Gasteiger partial charge is 0.270 e. The van der Waals surface area contributed by atoms with Crippen molar-refractivity contribution in [2.75, 3.05) is 24.7 Å². The van der Waals surface area contributed by atoms with Crippen LogP contribution in [0.15, 0.2) is 36.5 Å². The second-order valence-corrected chi connectivity index (χ2v) is 8.50. The van der Waals surface area contributed by atoms with Crippen molar-refractivity contribution in [1.82, 2.24) is 9.88 Å². The number of aromatic nitrogens is 1. The number of amides is 2. The molecular weight excluding hydrogens is 428 g/mol. The summed E-state index contributed by atoms with van der Waals surface area (Å²) in [5.41, 5.74) is 1.27. The molecule has 0 aliphatic carbocycles. The van der Waals surface area contributed by atoms with Crippen molar-refractivity contribution in [2.24, 2.45) is 5.92 Å². The van der Waals surface area contributed by atoms with Crippen LogP contribution < -0.4 is 4.90 Å². The lowest BCUT2D eigenvalue weighted by Crippen LogP contribution is -2.65. The van der Waals surface area contributed by atoms with Gasteiger partial charge in [-0.3, -0.25) is 14.5 Å². The van der Waals surface area contributed by atoms with E-state index in [-0.39, 0.29) is 36.4 Å². The Labute approximate surface area is 183 Å². The number of alkyl halides is 2. The summed E-state index contributed by atoms with van der Waals surface area (Å²) < 4.78 is 32.3. The molecular formula is C22H22ClF2N3O3. The molecule has 0 N–H and O–H groups in total. The molecule has 2 amide bonds. The summed E-state index contributed by atoms with van der Waals surface area (Å²) in [4.78, 5) is 33.7. The third-order valence-electron chi connectivity index (χ3n) is 5.67. The molecule has 2 aliphatic heterocycles. The van der Waals surface area contributed by atoms with Gasteiger partial charge in [0.15, 0.2) is 0 Å². The van der Waals surface area contributed by atoms with E-state index >= 15 is 0 Å². The molecule has 1 aromatic carbocycles. The molecule has 2 aliphatic rings. The Morgan fingerprint density at radius 1 is 1.23 bits per heavy atom. The van der Waals surface area contributed by atoms with Gasteiger partial charge in [-0.25, -0.2) is 13.8 Å². The number of carbonyl (C=O) groups is 2. The first-order chi connectivity index (χ1) is 14.6. The van der Waals surface area contributed by atoms with Gasteiger partial charge in [0, 0.05) is 31.1 Å². The molecule has 0 unspecified atom stereocenters. The Balaban J connectivity index is 1.61. The standard InChI is InChI=1S/C22H22ClF2N3O3/c1-13-7-17(23)8-26-20(13)28-10-18(29)27(19(21(28)30)15-11-31-12-15)9-14-3-5-16(6-4-14)22(2,24)25/h3-8,15,19H,9-12H2,1-2H3/t19-/m0/s1. The average molecular weight is 450 g/mol. The molecule has 2 fully saturated rings. The Morgan fingerprint density at radius 2 is 1.90 bits per heavy atom. The zero-order valence-electron chi connectivity index (χ0n) is 17.1. The number of hydrogen-bond donors (Lipinski definition) is 0. The quantitative estimate of drug-likeness (QED) is 0.700. The van der Waals surface area contributed by atoms with Crippen molar-refractivity contribution in [2.45, 2.75) is 32.4 Å². The second kappa shape index (κ2) is 8.16. The van der Waals surface area contributed by atoms with Crippen LogP contribution in [0, 0.1) is 12.8 Å². The predicted octanol–water partition coefficient (Wildman–Crippen LogP) is 3.55. The number of benzene rings is 1. The zero-order chi connectivity index (χ0) is 22.3. The minimum Gasteiger partial charge on any atom is -0.380 e. The highest BCUT2D eigenvalue weighted by atomic mass is 35.5. The van der Waals surface area contributed by atoms with Crippen LogP contribution in [0.3, 0.4) is 0 Å². The lowest BCUT2D eigenvalue weighted by Gasteiger charge is -2.45. The zero-order valence-corrected chi connectivity index (χ0v) is 17.9. The first-order valence-electron chi connectivity index (χ1n) is 9.93. The largest absolute Gasteiger partial charge is 0.380 e. The average Bonchev–Trinajstić information content (AvgIpc) is 2.66. The van der Waals surface area contributed by atoms with Crippen molar-refractivity contribution < 1.29 is 23.1 Å². The fourth-order valence-electron chi connectivity index (χ4n) is 3.93. The van der Waals surface area contributed by atoms with Gasteiger partial charge >= 0.3 is 0 Å². The van der Waals surface area contributed by atoms with Crippen LogP contribution in [0.1, 0.15) is 23.6 Å². The number of piperazine rings is 1. The van der Waals surface area contributed by atoms with Crippen LogP contribution in [0.25, 0.3) is 0 Å². The number of anilines is 1. The highest BCUT2D eigenvalue weighted by Crippen LogP contribution is 2.31. The topological polar surface area (TPSA) is 62.7 Å². The van der Waals surface area contributed by atoms with E-state index in [4.69, 9.17) is 16.3 Å². The van der Waals surface area contributed by atoms with Gasteiger partial charge in [-0.2, -0.15) is 0 Å². The second-order valence-electron chi connectivity index (χ2n) is 8.07. The molecule has 4 rings (SSSR count). The molecule has 0 spiro atoms. The molecule has 164 valence electrons. The van der Waals surface area contributed by atoms with Gasteiger partial charge in [0.05, 0.1) is 18.2 Å². The Hall–Kier alpha value is -2.58. The molecule has 3 heterocycles. The summed E-state index contributed by atoms with van der Waals surface area (Å²) in [5.74, 6) is -3.14. The van der Waals surface area contributed by atoms with Crippen LogP contribution >= 0.6 is 11.6 Å². The molecule has 0 saturated carbocycles. The van der Waals surface area contributed by atoms with Gasteiger partial charge in [0.25, 0.3) is 11.8 Å². The van der Waals surface area contributed by atoms with E-state index in [0.29, 0.717) is 35.2 Å². The predicted molar refractivity (Wildman–Crippen MR) is 111 cm³/mol. The summed E-state index contributed by atoms with van der Waals surface area (Å²) >= 11 is 5.98. The van der Waals surface area contributed by atoms with E-state index in [9.17, 15) is 18.4 Å². The Kier molecular flexibility index (Phi) is 5.70. The Bertz CT molecular complexity index is 1010. The minimum absolute atomic E-state index is 0.100. The van der Waals surface area contributed by atoms with E-state index in [2.05, 4.69) is 4.98 Å². The molecule has 1 atom stereocenters. The van der Waals surface area contributed by atoms with Gasteiger partial charge in [-0.1, -0.05) is 35.9 Å². The van der Waals surface area contributed by atoms with Gasteiger partial charge < -0.3 is 9.64 Å². The van der Waals surface area contributed by atoms with E-state index in [0.717, 1.165) is 6.92 Å². The SMILES string of the molecule is Cc1cc(Cl)cnc1N1CC(=O)N(Cc2ccc(C(C)(F)F)cc2)[C@@H](C2COC2)C1=O. The van der Waals surface area contributed by atoms with Gasteiger partial charge in [0.1, 0.15) is 18.4 Å². The third kappa shape index (κ3) is 4.27. The number of nitrogens with zero attached hydrogens (tertiary/aromatic N) is 3. The highest BCUT2D eigenvalue weighted by Gasteiger charge is 2.47. The van der Waals surface area contributed by atoms with Crippen LogP contribution in [0.5, 0.6) is 0 Å². The normalized spacial score (nSPS) is 20.2. The number of halogens is 3. The maximum atomic E-state index is 13.5. The maximum absolute atomic E-state index is 13.5. The molecule has 0 bridgehead atoms. The lowest BCUT2D eigenvalue weighted by atomic mass is 9.92. The molecule has 2 aromatic rings. The summed E-state index contributed by atoms with van der Waals surface area (Å²) in [6.45, 7) is 3.38. The van der Waals surface area contributed by atoms with Crippen molar-refractivity contribution >= 4 is 29.2 Å². The number of aryl methyl sites for hydroxylation is 1. The monoisotopic (exact) mass is 449 g/mol. The number of pyridine rings is 1. The third-order valence-corrected chi connectivity index (χ3v) is 5.87. The van der Waals surface area contributed by atoms with E-state index in [1.807, 2.05) is 0 Å². The summed E-state index contributed by atoms with van der Waals surface area (Å²) in [6, 6.07) is 6.81. The highest BCUT2D eigenvalue weighted by molar-refractivity contribution is 6.30. The summed E-state index contributed by atoms with van der Waals surface area (Å²) in [7, 11) is 0. The van der Waals surface area contributed by atoms with E-state index in [1.165, 1.54) is 28.1 Å². The fourth-order valence-corrected chi connectivity index (χ4v) is 4.14. The number of ether oxygens (including phenoxy) is 1. The minimum atomic E-state index is -2.94. The molecule has 6 nitrogen and oxygen atoms in total. The van der Waals surface area contributed by atoms with Crippen molar-refractivity contribution in [3.63, 3.8) is 0 Å². The van der Waals surface area contributed by atoms with Crippen molar-refractivity contribution in [3.05, 3.63) is 58.2 Å². The van der Waals surface area contributed by atoms with Crippen LogP contribution in [0.2, 0.25) is 5.02 Å². The maximum Gasteiger partial charge on any atom is 0.270 e.